The largest absolute Gasteiger partial charge is 0.493 e. The molecule has 0 bridgehead atoms. The number of para-hydroxylation sites is 1. The first-order chi connectivity index (χ1) is 13.2. The van der Waals surface area contributed by atoms with Crippen LogP contribution in [0.5, 0.6) is 5.75 Å². The Morgan fingerprint density at radius 2 is 1.78 bits per heavy atom. The zero-order valence-corrected chi connectivity index (χ0v) is 16.0. The van der Waals surface area contributed by atoms with Gasteiger partial charge in [0.1, 0.15) is 5.75 Å². The van der Waals surface area contributed by atoms with Crippen molar-refractivity contribution in [2.75, 3.05) is 32.8 Å². The van der Waals surface area contributed by atoms with E-state index in [2.05, 4.69) is 0 Å². The van der Waals surface area contributed by atoms with Crippen molar-refractivity contribution in [3.05, 3.63) is 30.3 Å². The Morgan fingerprint density at radius 1 is 1.04 bits per heavy atom. The molecule has 2 aliphatic heterocycles. The number of hydrogen-bond donors (Lipinski definition) is 1. The number of likely N-dealkylation sites (tertiary alicyclic amines) is 2. The van der Waals surface area contributed by atoms with E-state index in [0.717, 1.165) is 44.4 Å². The summed E-state index contributed by atoms with van der Waals surface area (Å²) in [5.41, 5.74) is 5.85. The van der Waals surface area contributed by atoms with E-state index in [9.17, 15) is 9.59 Å². The van der Waals surface area contributed by atoms with Crippen molar-refractivity contribution in [2.45, 2.75) is 44.6 Å². The van der Waals surface area contributed by atoms with Gasteiger partial charge in [-0.2, -0.15) is 0 Å². The van der Waals surface area contributed by atoms with Crippen molar-refractivity contribution in [3.63, 3.8) is 0 Å². The molecule has 0 aromatic heterocycles. The number of carbonyl (C=O) groups excluding carboxylic acids is 2. The molecule has 2 fully saturated rings. The Labute approximate surface area is 161 Å². The number of nitrogens with two attached hydrogens (primary N) is 1. The van der Waals surface area contributed by atoms with Gasteiger partial charge in [0.15, 0.2) is 0 Å². The molecule has 2 amide bonds. The molecule has 1 aromatic rings. The van der Waals surface area contributed by atoms with E-state index in [1.807, 2.05) is 40.1 Å². The maximum atomic E-state index is 12.9. The fourth-order valence-electron chi connectivity index (χ4n) is 4.08. The number of piperidine rings is 2. The monoisotopic (exact) mass is 373 g/mol. The highest BCUT2D eigenvalue weighted by atomic mass is 16.5. The molecular weight excluding hydrogens is 342 g/mol. The summed E-state index contributed by atoms with van der Waals surface area (Å²) in [6, 6.07) is 9.73. The fraction of sp³-hybridized carbons (Fsp3) is 0.619. The van der Waals surface area contributed by atoms with Crippen LogP contribution in [0.1, 0.15) is 38.5 Å². The molecule has 2 N–H and O–H groups in total. The second-order valence-electron chi connectivity index (χ2n) is 7.48. The molecule has 0 aliphatic carbocycles. The molecule has 2 aliphatic rings. The van der Waals surface area contributed by atoms with Gasteiger partial charge in [-0.3, -0.25) is 9.59 Å². The Morgan fingerprint density at radius 3 is 2.48 bits per heavy atom. The molecule has 1 unspecified atom stereocenters. The van der Waals surface area contributed by atoms with Crippen molar-refractivity contribution in [3.8, 4) is 5.75 Å². The van der Waals surface area contributed by atoms with Crippen LogP contribution in [0.25, 0.3) is 0 Å². The van der Waals surface area contributed by atoms with Gasteiger partial charge in [-0.05, 0) is 44.2 Å². The average Bonchev–Trinajstić information content (AvgIpc) is 2.74. The van der Waals surface area contributed by atoms with Gasteiger partial charge in [0.05, 0.1) is 13.0 Å². The van der Waals surface area contributed by atoms with Crippen molar-refractivity contribution in [1.82, 2.24) is 9.80 Å². The standard InChI is InChI=1S/C21H31N3O3/c22-16-18-6-4-5-12-24(18)21(26)17-9-13-23(14-10-17)20(25)11-15-27-19-7-2-1-3-8-19/h1-3,7-8,17-18H,4-6,9-16,22H2. The van der Waals surface area contributed by atoms with E-state index >= 15 is 0 Å². The van der Waals surface area contributed by atoms with E-state index in [-0.39, 0.29) is 23.8 Å². The molecule has 6 heteroatoms. The van der Waals surface area contributed by atoms with Gasteiger partial charge in [-0.15, -0.1) is 0 Å². The van der Waals surface area contributed by atoms with Crippen LogP contribution in [-0.4, -0.2) is 60.4 Å². The van der Waals surface area contributed by atoms with Crippen LogP contribution in [0.15, 0.2) is 30.3 Å². The van der Waals surface area contributed by atoms with E-state index < -0.39 is 0 Å². The molecule has 0 spiro atoms. The lowest BCUT2D eigenvalue weighted by Crippen LogP contribution is -2.51. The van der Waals surface area contributed by atoms with Gasteiger partial charge in [-0.25, -0.2) is 0 Å². The van der Waals surface area contributed by atoms with Crippen molar-refractivity contribution in [1.29, 1.82) is 0 Å². The molecule has 6 nitrogen and oxygen atoms in total. The Hall–Kier alpha value is -2.08. The van der Waals surface area contributed by atoms with E-state index in [0.29, 0.717) is 32.7 Å². The van der Waals surface area contributed by atoms with Crippen molar-refractivity contribution >= 4 is 11.8 Å². The lowest BCUT2D eigenvalue weighted by molar-refractivity contribution is -0.143. The minimum Gasteiger partial charge on any atom is -0.493 e. The average molecular weight is 373 g/mol. The van der Waals surface area contributed by atoms with Gasteiger partial charge in [0.2, 0.25) is 11.8 Å². The summed E-state index contributed by atoms with van der Waals surface area (Å²) in [7, 11) is 0. The summed E-state index contributed by atoms with van der Waals surface area (Å²) < 4.78 is 5.61. The van der Waals surface area contributed by atoms with Crippen LogP contribution < -0.4 is 10.5 Å². The molecule has 0 saturated carbocycles. The predicted octanol–water partition coefficient (Wildman–Crippen LogP) is 2.03. The highest BCUT2D eigenvalue weighted by Gasteiger charge is 2.33. The Kier molecular flexibility index (Phi) is 7.10. The number of benzene rings is 1. The van der Waals surface area contributed by atoms with Gasteiger partial charge in [0.25, 0.3) is 0 Å². The Balaban J connectivity index is 1.41. The molecule has 1 atom stereocenters. The molecule has 3 rings (SSSR count). The number of carbonyl (C=O) groups is 2. The van der Waals surface area contributed by atoms with Crippen molar-refractivity contribution in [2.24, 2.45) is 11.7 Å². The molecule has 148 valence electrons. The SMILES string of the molecule is NCC1CCCCN1C(=O)C1CCN(C(=O)CCOc2ccccc2)CC1. The predicted molar refractivity (Wildman–Crippen MR) is 104 cm³/mol. The van der Waals surface area contributed by atoms with E-state index in [1.165, 1.54) is 0 Å². The number of nitrogens with zero attached hydrogens (tertiary/aromatic N) is 2. The molecule has 2 heterocycles. The third kappa shape index (κ3) is 5.22. The number of amides is 2. The minimum atomic E-state index is 0.0294. The summed E-state index contributed by atoms with van der Waals surface area (Å²) in [5, 5.41) is 0. The van der Waals surface area contributed by atoms with Crippen LogP contribution in [-0.2, 0) is 9.59 Å². The quantitative estimate of drug-likeness (QED) is 0.828. The summed E-state index contributed by atoms with van der Waals surface area (Å²) in [4.78, 5) is 29.1. The maximum absolute atomic E-state index is 12.9. The highest BCUT2D eigenvalue weighted by molar-refractivity contribution is 5.80. The summed E-state index contributed by atoms with van der Waals surface area (Å²) >= 11 is 0. The first kappa shape index (κ1) is 19.7. The summed E-state index contributed by atoms with van der Waals surface area (Å²) in [5.74, 6) is 1.16. The van der Waals surface area contributed by atoms with Crippen LogP contribution in [0, 0.1) is 5.92 Å². The number of rotatable bonds is 6. The van der Waals surface area contributed by atoms with Gasteiger partial charge < -0.3 is 20.3 Å². The molecule has 0 radical (unpaired) electrons. The normalized spacial score (nSPS) is 21.1. The lowest BCUT2D eigenvalue weighted by Gasteiger charge is -2.39. The first-order valence-corrected chi connectivity index (χ1v) is 10.1. The maximum Gasteiger partial charge on any atom is 0.226 e. The zero-order chi connectivity index (χ0) is 19.1. The third-order valence-corrected chi connectivity index (χ3v) is 5.71. The molecule has 27 heavy (non-hydrogen) atoms. The van der Waals surface area contributed by atoms with Crippen molar-refractivity contribution < 1.29 is 14.3 Å². The van der Waals surface area contributed by atoms with E-state index in [4.69, 9.17) is 10.5 Å². The number of hydrogen-bond acceptors (Lipinski definition) is 4. The Bertz CT molecular complexity index is 614. The van der Waals surface area contributed by atoms with Crippen LogP contribution in [0.4, 0.5) is 0 Å². The van der Waals surface area contributed by atoms with Gasteiger partial charge in [0, 0.05) is 38.1 Å². The molecule has 1 aromatic carbocycles. The molecular formula is C21H31N3O3. The topological polar surface area (TPSA) is 75.9 Å². The molecule has 2 saturated heterocycles. The highest BCUT2D eigenvalue weighted by Crippen LogP contribution is 2.25. The fourth-order valence-corrected chi connectivity index (χ4v) is 4.08. The van der Waals surface area contributed by atoms with E-state index in [1.54, 1.807) is 0 Å². The lowest BCUT2D eigenvalue weighted by atomic mass is 9.92. The third-order valence-electron chi connectivity index (χ3n) is 5.71. The van der Waals surface area contributed by atoms with Crippen LogP contribution >= 0.6 is 0 Å². The summed E-state index contributed by atoms with van der Waals surface area (Å²) in [6.45, 7) is 3.07. The minimum absolute atomic E-state index is 0.0294. The second kappa shape index (κ2) is 9.74. The summed E-state index contributed by atoms with van der Waals surface area (Å²) in [6.07, 6.45) is 5.11. The van der Waals surface area contributed by atoms with Crippen LogP contribution in [0.2, 0.25) is 0 Å². The smallest absolute Gasteiger partial charge is 0.226 e. The zero-order valence-electron chi connectivity index (χ0n) is 16.0. The van der Waals surface area contributed by atoms with Gasteiger partial charge >= 0.3 is 0 Å². The first-order valence-electron chi connectivity index (χ1n) is 10.1. The number of ether oxygens (including phenoxy) is 1. The van der Waals surface area contributed by atoms with Crippen LogP contribution in [0.3, 0.4) is 0 Å². The van der Waals surface area contributed by atoms with Gasteiger partial charge in [-0.1, -0.05) is 18.2 Å². The second-order valence-corrected chi connectivity index (χ2v) is 7.48.